The lowest BCUT2D eigenvalue weighted by molar-refractivity contribution is -0.122. The Bertz CT molecular complexity index is 883. The van der Waals surface area contributed by atoms with Gasteiger partial charge in [-0.3, -0.25) is 4.79 Å². The van der Waals surface area contributed by atoms with E-state index in [0.29, 0.717) is 5.82 Å². The number of benzene rings is 1. The highest BCUT2D eigenvalue weighted by Crippen LogP contribution is 2.33. The molecule has 2 aromatic rings. The van der Waals surface area contributed by atoms with E-state index in [-0.39, 0.29) is 11.3 Å². The molecular weight excluding hydrogens is 376 g/mol. The normalized spacial score (nSPS) is 16.3. The maximum absolute atomic E-state index is 12.8. The largest absolute Gasteiger partial charge is 0.481 e. The molecule has 0 spiro atoms. The molecule has 1 aliphatic heterocycles. The van der Waals surface area contributed by atoms with Crippen LogP contribution in [-0.2, 0) is 10.2 Å². The first-order valence-electron chi connectivity index (χ1n) is 10.8. The van der Waals surface area contributed by atoms with Crippen LogP contribution in [0, 0.1) is 12.8 Å². The topological polar surface area (TPSA) is 67.3 Å². The van der Waals surface area contributed by atoms with Crippen molar-refractivity contribution < 1.29 is 9.53 Å². The van der Waals surface area contributed by atoms with Crippen molar-refractivity contribution >= 4 is 17.5 Å². The van der Waals surface area contributed by atoms with Crippen LogP contribution in [0.5, 0.6) is 5.75 Å². The van der Waals surface area contributed by atoms with E-state index in [4.69, 9.17) is 4.74 Å². The highest BCUT2D eigenvalue weighted by Gasteiger charge is 2.23. The summed E-state index contributed by atoms with van der Waals surface area (Å²) in [5, 5.41) is 2.88. The van der Waals surface area contributed by atoms with Gasteiger partial charge in [-0.2, -0.15) is 0 Å². The maximum Gasteiger partial charge on any atom is 0.266 e. The van der Waals surface area contributed by atoms with E-state index >= 15 is 0 Å². The third-order valence-corrected chi connectivity index (χ3v) is 5.63. The molecule has 6 heteroatoms. The molecule has 0 bridgehead atoms. The lowest BCUT2D eigenvalue weighted by Crippen LogP contribution is -2.34. The zero-order valence-electron chi connectivity index (χ0n) is 19.0. The van der Waals surface area contributed by atoms with Crippen LogP contribution in [0.3, 0.4) is 0 Å². The van der Waals surface area contributed by atoms with E-state index in [9.17, 15) is 4.79 Å². The number of piperidine rings is 1. The number of aryl methyl sites for hydroxylation is 1. The quantitative estimate of drug-likeness (QED) is 0.772. The second kappa shape index (κ2) is 9.02. The number of nitrogens with zero attached hydrogens (tertiary/aromatic N) is 3. The van der Waals surface area contributed by atoms with Gasteiger partial charge >= 0.3 is 0 Å². The average molecular weight is 411 g/mol. The van der Waals surface area contributed by atoms with Gasteiger partial charge in [0.25, 0.3) is 5.91 Å². The number of nitrogens with one attached hydrogen (secondary N) is 1. The van der Waals surface area contributed by atoms with Crippen molar-refractivity contribution in [3.63, 3.8) is 0 Å². The van der Waals surface area contributed by atoms with Crippen LogP contribution in [-0.4, -0.2) is 35.1 Å². The molecule has 1 aromatic carbocycles. The SMILES string of the molecule is Cc1ccc(OC(C)C(=O)Nc2cc(N3CCC(C)CC3)ncn2)c(C(C)(C)C)c1. The summed E-state index contributed by atoms with van der Waals surface area (Å²) in [7, 11) is 0. The van der Waals surface area contributed by atoms with Gasteiger partial charge in [0.15, 0.2) is 6.10 Å². The van der Waals surface area contributed by atoms with Gasteiger partial charge in [-0.25, -0.2) is 9.97 Å². The summed E-state index contributed by atoms with van der Waals surface area (Å²) in [4.78, 5) is 23.6. The number of anilines is 2. The fourth-order valence-electron chi connectivity index (χ4n) is 3.63. The second-order valence-corrected chi connectivity index (χ2v) is 9.43. The van der Waals surface area contributed by atoms with Crippen molar-refractivity contribution in [2.24, 2.45) is 5.92 Å². The van der Waals surface area contributed by atoms with Crippen LogP contribution in [0.15, 0.2) is 30.6 Å². The zero-order valence-corrected chi connectivity index (χ0v) is 19.0. The fraction of sp³-hybridized carbons (Fsp3) is 0.542. The highest BCUT2D eigenvalue weighted by molar-refractivity contribution is 5.93. The summed E-state index contributed by atoms with van der Waals surface area (Å²) >= 11 is 0. The minimum Gasteiger partial charge on any atom is -0.481 e. The molecule has 0 aliphatic carbocycles. The van der Waals surface area contributed by atoms with Gasteiger partial charge in [0.05, 0.1) is 0 Å². The third-order valence-electron chi connectivity index (χ3n) is 5.63. The molecule has 6 nitrogen and oxygen atoms in total. The zero-order chi connectivity index (χ0) is 21.9. The molecular formula is C24H34N4O2. The summed E-state index contributed by atoms with van der Waals surface area (Å²) in [6.07, 6.45) is 3.17. The maximum atomic E-state index is 12.8. The Labute approximate surface area is 180 Å². The van der Waals surface area contributed by atoms with Crippen molar-refractivity contribution in [1.82, 2.24) is 9.97 Å². The Hall–Kier alpha value is -2.63. The second-order valence-electron chi connectivity index (χ2n) is 9.43. The Morgan fingerprint density at radius 1 is 1.20 bits per heavy atom. The highest BCUT2D eigenvalue weighted by atomic mass is 16.5. The molecule has 1 fully saturated rings. The van der Waals surface area contributed by atoms with Crippen molar-refractivity contribution in [3.05, 3.63) is 41.7 Å². The molecule has 1 aliphatic rings. The van der Waals surface area contributed by atoms with E-state index in [1.807, 2.05) is 18.2 Å². The van der Waals surface area contributed by atoms with E-state index in [0.717, 1.165) is 49.0 Å². The van der Waals surface area contributed by atoms with Crippen molar-refractivity contribution in [1.29, 1.82) is 0 Å². The molecule has 1 amide bonds. The van der Waals surface area contributed by atoms with Gasteiger partial charge in [0.2, 0.25) is 0 Å². The monoisotopic (exact) mass is 410 g/mol. The minimum atomic E-state index is -0.650. The number of carbonyl (C=O) groups excluding carboxylic acids is 1. The molecule has 2 heterocycles. The molecule has 1 unspecified atom stereocenters. The molecule has 0 saturated carbocycles. The molecule has 1 atom stereocenters. The molecule has 1 N–H and O–H groups in total. The predicted octanol–water partition coefficient (Wildman–Crippen LogP) is 4.72. The van der Waals surface area contributed by atoms with Gasteiger partial charge in [-0.15, -0.1) is 0 Å². The van der Waals surface area contributed by atoms with E-state index in [2.05, 4.69) is 60.9 Å². The summed E-state index contributed by atoms with van der Waals surface area (Å²) in [5.41, 5.74) is 2.18. The van der Waals surface area contributed by atoms with Gasteiger partial charge in [0, 0.05) is 19.2 Å². The molecule has 1 saturated heterocycles. The fourth-order valence-corrected chi connectivity index (χ4v) is 3.63. The predicted molar refractivity (Wildman–Crippen MR) is 121 cm³/mol. The van der Waals surface area contributed by atoms with Crippen molar-refractivity contribution in [2.45, 2.75) is 65.9 Å². The molecule has 1 aromatic heterocycles. The Morgan fingerprint density at radius 3 is 2.57 bits per heavy atom. The molecule has 0 radical (unpaired) electrons. The van der Waals surface area contributed by atoms with Crippen LogP contribution < -0.4 is 15.0 Å². The number of rotatable bonds is 5. The number of ether oxygens (including phenoxy) is 1. The lowest BCUT2D eigenvalue weighted by Gasteiger charge is -2.31. The first kappa shape index (κ1) is 22.1. The van der Waals surface area contributed by atoms with Crippen molar-refractivity contribution in [3.8, 4) is 5.75 Å². The lowest BCUT2D eigenvalue weighted by atomic mass is 9.85. The summed E-state index contributed by atoms with van der Waals surface area (Å²) in [5.74, 6) is 2.61. The number of carbonyl (C=O) groups is 1. The van der Waals surface area contributed by atoms with E-state index in [1.54, 1.807) is 6.92 Å². The minimum absolute atomic E-state index is 0.0783. The Balaban J connectivity index is 1.68. The standard InChI is InChI=1S/C24H34N4O2/c1-16-9-11-28(12-10-16)22-14-21(25-15-26-22)27-23(29)18(3)30-20-8-7-17(2)13-19(20)24(4,5)6/h7-8,13-16,18H,9-12H2,1-6H3,(H,25,26,27,29). The first-order valence-corrected chi connectivity index (χ1v) is 10.8. The molecule has 162 valence electrons. The van der Waals surface area contributed by atoms with Crippen LogP contribution in [0.2, 0.25) is 0 Å². The smallest absolute Gasteiger partial charge is 0.266 e. The number of hydrogen-bond donors (Lipinski definition) is 1. The molecule has 30 heavy (non-hydrogen) atoms. The molecule has 3 rings (SSSR count). The Morgan fingerprint density at radius 2 is 1.90 bits per heavy atom. The van der Waals surface area contributed by atoms with Gasteiger partial charge < -0.3 is 15.0 Å². The first-order chi connectivity index (χ1) is 14.1. The third kappa shape index (κ3) is 5.49. The van der Waals surface area contributed by atoms with Crippen LogP contribution in [0.4, 0.5) is 11.6 Å². The number of hydrogen-bond acceptors (Lipinski definition) is 5. The van der Waals surface area contributed by atoms with Crippen LogP contribution in [0.25, 0.3) is 0 Å². The van der Waals surface area contributed by atoms with E-state index < -0.39 is 6.10 Å². The van der Waals surface area contributed by atoms with Crippen LogP contribution in [0.1, 0.15) is 58.6 Å². The van der Waals surface area contributed by atoms with Crippen LogP contribution >= 0.6 is 0 Å². The van der Waals surface area contributed by atoms with Gasteiger partial charge in [0.1, 0.15) is 23.7 Å². The summed E-state index contributed by atoms with van der Waals surface area (Å²) in [6.45, 7) is 14.5. The Kier molecular flexibility index (Phi) is 6.64. The van der Waals surface area contributed by atoms with Gasteiger partial charge in [-0.1, -0.05) is 45.4 Å². The summed E-state index contributed by atoms with van der Waals surface area (Å²) < 4.78 is 6.05. The average Bonchev–Trinajstić information content (AvgIpc) is 2.69. The number of aromatic nitrogens is 2. The van der Waals surface area contributed by atoms with E-state index in [1.165, 1.54) is 11.9 Å². The summed E-state index contributed by atoms with van der Waals surface area (Å²) in [6, 6.07) is 7.91. The van der Waals surface area contributed by atoms with Crippen molar-refractivity contribution in [2.75, 3.05) is 23.3 Å². The van der Waals surface area contributed by atoms with Gasteiger partial charge in [-0.05, 0) is 49.7 Å². The number of amides is 1.